The number of hydrogen-bond acceptors (Lipinski definition) is 4. The van der Waals surface area contributed by atoms with Crippen molar-refractivity contribution in [1.29, 1.82) is 0 Å². The lowest BCUT2D eigenvalue weighted by Crippen LogP contribution is -2.50. The van der Waals surface area contributed by atoms with Crippen LogP contribution in [0.4, 0.5) is 0 Å². The van der Waals surface area contributed by atoms with Gasteiger partial charge in [0.2, 0.25) is 5.91 Å². The fourth-order valence-corrected chi connectivity index (χ4v) is 3.14. The molecule has 0 saturated carbocycles. The summed E-state index contributed by atoms with van der Waals surface area (Å²) in [5.41, 5.74) is 0.864. The van der Waals surface area contributed by atoms with Crippen LogP contribution in [0.25, 0.3) is 0 Å². The lowest BCUT2D eigenvalue weighted by Gasteiger charge is -2.30. The van der Waals surface area contributed by atoms with E-state index in [0.717, 1.165) is 5.56 Å². The Morgan fingerprint density at radius 2 is 1.83 bits per heavy atom. The van der Waals surface area contributed by atoms with Crippen molar-refractivity contribution in [2.75, 3.05) is 20.3 Å². The van der Waals surface area contributed by atoms with Gasteiger partial charge in [0.05, 0.1) is 7.11 Å². The van der Waals surface area contributed by atoms with Crippen molar-refractivity contribution in [3.8, 4) is 11.5 Å². The number of ether oxygens (including phenoxy) is 2. The Morgan fingerprint density at radius 3 is 2.48 bits per heavy atom. The second-order valence-corrected chi connectivity index (χ2v) is 6.87. The number of methoxy groups -OCH3 is 1. The molecule has 0 radical (unpaired) electrons. The SMILES string of the molecule is CCNC(=O)[C@@H](CC)N(Cc1cccc(OC)c1)C(=O)COc1cccc(Cl)c1. The summed E-state index contributed by atoms with van der Waals surface area (Å²) in [4.78, 5) is 27.1. The van der Waals surface area contributed by atoms with E-state index in [2.05, 4.69) is 5.32 Å². The minimum atomic E-state index is -0.600. The van der Waals surface area contributed by atoms with Gasteiger partial charge in [0.1, 0.15) is 17.5 Å². The van der Waals surface area contributed by atoms with Crippen molar-refractivity contribution >= 4 is 23.4 Å². The first kappa shape index (κ1) is 22.6. The van der Waals surface area contributed by atoms with Crippen molar-refractivity contribution in [2.24, 2.45) is 0 Å². The normalized spacial score (nSPS) is 11.4. The smallest absolute Gasteiger partial charge is 0.261 e. The molecule has 2 amide bonds. The molecule has 0 unspecified atom stereocenters. The predicted molar refractivity (Wildman–Crippen MR) is 113 cm³/mol. The van der Waals surface area contributed by atoms with E-state index in [9.17, 15) is 9.59 Å². The second-order valence-electron chi connectivity index (χ2n) is 6.44. The van der Waals surface area contributed by atoms with E-state index in [1.54, 1.807) is 36.3 Å². The van der Waals surface area contributed by atoms with E-state index in [0.29, 0.717) is 29.5 Å². The topological polar surface area (TPSA) is 67.9 Å². The monoisotopic (exact) mass is 418 g/mol. The molecule has 0 aromatic heterocycles. The van der Waals surface area contributed by atoms with Gasteiger partial charge in [-0.25, -0.2) is 0 Å². The van der Waals surface area contributed by atoms with Crippen LogP contribution < -0.4 is 14.8 Å². The minimum absolute atomic E-state index is 0.186. The van der Waals surface area contributed by atoms with E-state index < -0.39 is 6.04 Å². The molecule has 0 aliphatic rings. The van der Waals surface area contributed by atoms with Gasteiger partial charge in [0.15, 0.2) is 6.61 Å². The lowest BCUT2D eigenvalue weighted by atomic mass is 10.1. The van der Waals surface area contributed by atoms with E-state index in [4.69, 9.17) is 21.1 Å². The fourth-order valence-electron chi connectivity index (χ4n) is 2.96. The van der Waals surface area contributed by atoms with Gasteiger partial charge in [-0.1, -0.05) is 36.7 Å². The van der Waals surface area contributed by atoms with Gasteiger partial charge in [0, 0.05) is 18.1 Å². The van der Waals surface area contributed by atoms with Gasteiger partial charge >= 0.3 is 0 Å². The molecule has 0 bridgehead atoms. The number of hydrogen-bond donors (Lipinski definition) is 1. The molecule has 0 spiro atoms. The van der Waals surface area contributed by atoms with Crippen LogP contribution in [0.15, 0.2) is 48.5 Å². The molecular weight excluding hydrogens is 392 g/mol. The lowest BCUT2D eigenvalue weighted by molar-refractivity contribution is -0.142. The van der Waals surface area contributed by atoms with Crippen LogP contribution in [-0.2, 0) is 16.1 Å². The highest BCUT2D eigenvalue weighted by atomic mass is 35.5. The molecule has 0 aliphatic heterocycles. The summed E-state index contributed by atoms with van der Waals surface area (Å²) in [6, 6.07) is 13.7. The van der Waals surface area contributed by atoms with Gasteiger partial charge in [-0.2, -0.15) is 0 Å². The quantitative estimate of drug-likeness (QED) is 0.639. The summed E-state index contributed by atoms with van der Waals surface area (Å²) in [5, 5.41) is 3.33. The van der Waals surface area contributed by atoms with Gasteiger partial charge < -0.3 is 19.7 Å². The Balaban J connectivity index is 2.21. The summed E-state index contributed by atoms with van der Waals surface area (Å²) < 4.78 is 10.9. The van der Waals surface area contributed by atoms with Gasteiger partial charge in [-0.05, 0) is 49.2 Å². The number of likely N-dealkylation sites (N-methyl/N-ethyl adjacent to an activating group) is 1. The summed E-state index contributed by atoms with van der Waals surface area (Å²) >= 11 is 5.97. The predicted octanol–water partition coefficient (Wildman–Crippen LogP) is 3.67. The van der Waals surface area contributed by atoms with Crippen LogP contribution in [0.2, 0.25) is 5.02 Å². The van der Waals surface area contributed by atoms with Crippen LogP contribution in [-0.4, -0.2) is 43.0 Å². The van der Waals surface area contributed by atoms with Crippen molar-refractivity contribution in [2.45, 2.75) is 32.9 Å². The minimum Gasteiger partial charge on any atom is -0.497 e. The molecule has 0 heterocycles. The van der Waals surface area contributed by atoms with Gasteiger partial charge in [-0.3, -0.25) is 9.59 Å². The average molecular weight is 419 g/mol. The van der Waals surface area contributed by atoms with Crippen molar-refractivity contribution in [1.82, 2.24) is 10.2 Å². The third kappa shape index (κ3) is 6.68. The standard InChI is InChI=1S/C22H27ClN2O4/c1-4-20(22(27)24-5-2)25(14-16-8-6-10-18(12-16)28-3)21(26)15-29-19-11-7-9-17(23)13-19/h6-13,20H,4-5,14-15H2,1-3H3,(H,24,27)/t20-/m1/s1. The number of carbonyl (C=O) groups is 2. The van der Waals surface area contributed by atoms with Crippen LogP contribution in [0, 0.1) is 0 Å². The van der Waals surface area contributed by atoms with E-state index in [1.165, 1.54) is 0 Å². The molecule has 0 fully saturated rings. The van der Waals surface area contributed by atoms with Crippen molar-refractivity contribution in [3.05, 3.63) is 59.1 Å². The zero-order chi connectivity index (χ0) is 21.2. The second kappa shape index (κ2) is 11.3. The number of benzene rings is 2. The average Bonchev–Trinajstić information content (AvgIpc) is 2.72. The maximum Gasteiger partial charge on any atom is 0.261 e. The Hall–Kier alpha value is -2.73. The number of halogens is 1. The molecule has 0 aliphatic carbocycles. The fraction of sp³-hybridized carbons (Fsp3) is 0.364. The highest BCUT2D eigenvalue weighted by Crippen LogP contribution is 2.19. The number of nitrogens with one attached hydrogen (secondary N) is 1. The van der Waals surface area contributed by atoms with Crippen LogP contribution >= 0.6 is 11.6 Å². The maximum absolute atomic E-state index is 13.0. The molecule has 7 heteroatoms. The van der Waals surface area contributed by atoms with Crippen molar-refractivity contribution in [3.63, 3.8) is 0 Å². The van der Waals surface area contributed by atoms with E-state index in [1.807, 2.05) is 38.1 Å². The third-order valence-corrected chi connectivity index (χ3v) is 4.62. The van der Waals surface area contributed by atoms with E-state index >= 15 is 0 Å². The number of carbonyl (C=O) groups excluding carboxylic acids is 2. The summed E-state index contributed by atoms with van der Waals surface area (Å²) in [7, 11) is 1.59. The molecular formula is C22H27ClN2O4. The van der Waals surface area contributed by atoms with Crippen LogP contribution in [0.5, 0.6) is 11.5 Å². The first-order valence-electron chi connectivity index (χ1n) is 9.56. The number of rotatable bonds is 10. The van der Waals surface area contributed by atoms with Gasteiger partial charge in [0.25, 0.3) is 5.91 Å². The highest BCUT2D eigenvalue weighted by Gasteiger charge is 2.28. The Morgan fingerprint density at radius 1 is 1.10 bits per heavy atom. The molecule has 2 rings (SSSR count). The molecule has 1 atom stereocenters. The van der Waals surface area contributed by atoms with Crippen LogP contribution in [0.3, 0.4) is 0 Å². The zero-order valence-corrected chi connectivity index (χ0v) is 17.7. The molecule has 156 valence electrons. The first-order chi connectivity index (χ1) is 14.0. The maximum atomic E-state index is 13.0. The zero-order valence-electron chi connectivity index (χ0n) is 17.0. The summed E-state index contributed by atoms with van der Waals surface area (Å²) in [6.07, 6.45) is 0.485. The molecule has 6 nitrogen and oxygen atoms in total. The molecule has 29 heavy (non-hydrogen) atoms. The molecule has 2 aromatic carbocycles. The molecule has 1 N–H and O–H groups in total. The Kier molecular flexibility index (Phi) is 8.80. The van der Waals surface area contributed by atoms with Gasteiger partial charge in [-0.15, -0.1) is 0 Å². The first-order valence-corrected chi connectivity index (χ1v) is 9.94. The Labute approximate surface area is 176 Å². The number of nitrogens with zero attached hydrogens (tertiary/aromatic N) is 1. The largest absolute Gasteiger partial charge is 0.497 e. The van der Waals surface area contributed by atoms with Crippen molar-refractivity contribution < 1.29 is 19.1 Å². The number of amides is 2. The van der Waals surface area contributed by atoms with Crippen LogP contribution in [0.1, 0.15) is 25.8 Å². The third-order valence-electron chi connectivity index (χ3n) is 4.38. The Bertz CT molecular complexity index is 828. The summed E-state index contributed by atoms with van der Waals surface area (Å²) in [5.74, 6) is 0.717. The van der Waals surface area contributed by atoms with E-state index in [-0.39, 0.29) is 25.0 Å². The molecule has 0 saturated heterocycles. The molecule has 2 aromatic rings. The summed E-state index contributed by atoms with van der Waals surface area (Å²) in [6.45, 7) is 4.30. The highest BCUT2D eigenvalue weighted by molar-refractivity contribution is 6.30.